The molecule has 0 heterocycles. The largest absolute Gasteiger partial charge is 0.393 e. The number of hydrogen-bond donors (Lipinski definition) is 2. The molecule has 3 nitrogen and oxygen atoms in total. The van der Waals surface area contributed by atoms with Gasteiger partial charge >= 0.3 is 0 Å². The molecular weight excluding hydrogens is 204 g/mol. The minimum atomic E-state index is -0.435. The number of rotatable bonds is 5. The summed E-state index contributed by atoms with van der Waals surface area (Å²) < 4.78 is 4.92. The maximum Gasteiger partial charge on any atom is 0.0777 e. The summed E-state index contributed by atoms with van der Waals surface area (Å²) in [7, 11) is 1.59. The molecule has 1 rings (SSSR count). The summed E-state index contributed by atoms with van der Waals surface area (Å²) in [6.07, 6.45) is 3.04. The van der Waals surface area contributed by atoms with E-state index in [1.54, 1.807) is 7.11 Å². The molecule has 0 spiro atoms. The average molecular weight is 230 g/mol. The Hall–Kier alpha value is -0.120. The van der Waals surface area contributed by atoms with Gasteiger partial charge in [-0.25, -0.2) is 0 Å². The van der Waals surface area contributed by atoms with Gasteiger partial charge < -0.3 is 14.9 Å². The van der Waals surface area contributed by atoms with Crippen molar-refractivity contribution in [3.05, 3.63) is 0 Å². The van der Waals surface area contributed by atoms with Gasteiger partial charge in [0, 0.05) is 7.11 Å². The number of hydrogen-bond acceptors (Lipinski definition) is 3. The Kier molecular flexibility index (Phi) is 5.73. The van der Waals surface area contributed by atoms with Crippen molar-refractivity contribution in [2.24, 2.45) is 17.8 Å². The fourth-order valence-electron chi connectivity index (χ4n) is 2.75. The molecule has 4 atom stereocenters. The lowest BCUT2D eigenvalue weighted by molar-refractivity contribution is -0.0103. The predicted octanol–water partition coefficient (Wildman–Crippen LogP) is 1.82. The summed E-state index contributed by atoms with van der Waals surface area (Å²) in [5.74, 6) is 1.61. The molecule has 0 aromatic rings. The molecule has 0 aromatic carbocycles. The molecule has 0 amide bonds. The summed E-state index contributed by atoms with van der Waals surface area (Å²) in [5, 5.41) is 19.6. The van der Waals surface area contributed by atoms with Crippen LogP contribution in [0.4, 0.5) is 0 Å². The minimum Gasteiger partial charge on any atom is -0.393 e. The lowest BCUT2D eigenvalue weighted by Crippen LogP contribution is -2.34. The minimum absolute atomic E-state index is 0.235. The molecule has 0 aromatic heterocycles. The van der Waals surface area contributed by atoms with Crippen LogP contribution in [0.5, 0.6) is 0 Å². The predicted molar refractivity (Wildman–Crippen MR) is 64.2 cm³/mol. The van der Waals surface area contributed by atoms with Crippen molar-refractivity contribution in [1.29, 1.82) is 0 Å². The highest BCUT2D eigenvalue weighted by atomic mass is 16.5. The Morgan fingerprint density at radius 1 is 1.31 bits per heavy atom. The van der Waals surface area contributed by atoms with E-state index >= 15 is 0 Å². The first-order valence-electron chi connectivity index (χ1n) is 6.39. The monoisotopic (exact) mass is 230 g/mol. The zero-order valence-corrected chi connectivity index (χ0v) is 10.7. The van der Waals surface area contributed by atoms with E-state index in [9.17, 15) is 10.2 Å². The Balaban J connectivity index is 2.43. The van der Waals surface area contributed by atoms with Gasteiger partial charge in [0.15, 0.2) is 0 Å². The van der Waals surface area contributed by atoms with Crippen molar-refractivity contribution < 1.29 is 14.9 Å². The third-order valence-corrected chi connectivity index (χ3v) is 3.86. The van der Waals surface area contributed by atoms with Crippen LogP contribution in [0.3, 0.4) is 0 Å². The number of ether oxygens (including phenoxy) is 1. The summed E-state index contributed by atoms with van der Waals surface area (Å²) in [6, 6.07) is 0. The molecule has 1 fully saturated rings. The van der Waals surface area contributed by atoms with Crippen LogP contribution in [-0.4, -0.2) is 36.1 Å². The Morgan fingerprint density at radius 3 is 2.56 bits per heavy atom. The maximum atomic E-state index is 9.93. The highest BCUT2D eigenvalue weighted by molar-refractivity contribution is 4.82. The van der Waals surface area contributed by atoms with Gasteiger partial charge in [-0.15, -0.1) is 0 Å². The van der Waals surface area contributed by atoms with Crippen LogP contribution < -0.4 is 0 Å². The molecular formula is C13H26O3. The Labute approximate surface area is 98.8 Å². The second-order valence-electron chi connectivity index (χ2n) is 5.49. The summed E-state index contributed by atoms with van der Waals surface area (Å²) in [6.45, 7) is 4.85. The highest BCUT2D eigenvalue weighted by Gasteiger charge is 2.31. The lowest BCUT2D eigenvalue weighted by Gasteiger charge is -2.36. The second-order valence-corrected chi connectivity index (χ2v) is 5.49. The average Bonchev–Trinajstić information content (AvgIpc) is 2.21. The quantitative estimate of drug-likeness (QED) is 0.757. The zero-order valence-electron chi connectivity index (χ0n) is 10.7. The SMILES string of the molecule is COCC(O)CC1CC(C(C)C)CCC1O. The van der Waals surface area contributed by atoms with Crippen molar-refractivity contribution in [2.45, 2.75) is 51.7 Å². The van der Waals surface area contributed by atoms with E-state index < -0.39 is 6.10 Å². The lowest BCUT2D eigenvalue weighted by atomic mass is 9.73. The highest BCUT2D eigenvalue weighted by Crippen LogP contribution is 2.36. The van der Waals surface area contributed by atoms with Crippen LogP contribution in [0, 0.1) is 17.8 Å². The van der Waals surface area contributed by atoms with Gasteiger partial charge in [0.1, 0.15) is 0 Å². The first-order chi connectivity index (χ1) is 7.54. The van der Waals surface area contributed by atoms with E-state index in [4.69, 9.17) is 4.74 Å². The molecule has 0 aliphatic heterocycles. The molecule has 3 heteroatoms. The van der Waals surface area contributed by atoms with Gasteiger partial charge in [-0.3, -0.25) is 0 Å². The van der Waals surface area contributed by atoms with Crippen LogP contribution >= 0.6 is 0 Å². The van der Waals surface area contributed by atoms with Gasteiger partial charge in [-0.2, -0.15) is 0 Å². The fraction of sp³-hybridized carbons (Fsp3) is 1.00. The Morgan fingerprint density at radius 2 is 2.00 bits per heavy atom. The van der Waals surface area contributed by atoms with Crippen LogP contribution in [0.2, 0.25) is 0 Å². The van der Waals surface area contributed by atoms with Crippen LogP contribution in [0.1, 0.15) is 39.5 Å². The van der Waals surface area contributed by atoms with Crippen LogP contribution in [0.15, 0.2) is 0 Å². The van der Waals surface area contributed by atoms with Crippen LogP contribution in [0.25, 0.3) is 0 Å². The molecule has 96 valence electrons. The second kappa shape index (κ2) is 6.58. The van der Waals surface area contributed by atoms with Crippen molar-refractivity contribution in [1.82, 2.24) is 0 Å². The fourth-order valence-corrected chi connectivity index (χ4v) is 2.75. The van der Waals surface area contributed by atoms with E-state index in [1.165, 1.54) is 0 Å². The van der Waals surface area contributed by atoms with Crippen molar-refractivity contribution in [3.63, 3.8) is 0 Å². The van der Waals surface area contributed by atoms with E-state index in [-0.39, 0.29) is 12.0 Å². The summed E-state index contributed by atoms with van der Waals surface area (Å²) >= 11 is 0. The third kappa shape index (κ3) is 4.04. The van der Waals surface area contributed by atoms with Crippen LogP contribution in [-0.2, 0) is 4.74 Å². The molecule has 16 heavy (non-hydrogen) atoms. The van der Waals surface area contributed by atoms with Gasteiger partial charge in [0.05, 0.1) is 18.8 Å². The Bertz CT molecular complexity index is 194. The first-order valence-corrected chi connectivity index (χ1v) is 6.39. The smallest absolute Gasteiger partial charge is 0.0777 e. The number of aliphatic hydroxyl groups excluding tert-OH is 2. The summed E-state index contributed by atoms with van der Waals surface area (Å²) in [4.78, 5) is 0. The molecule has 1 aliphatic carbocycles. The topological polar surface area (TPSA) is 49.7 Å². The molecule has 2 N–H and O–H groups in total. The molecule has 0 saturated heterocycles. The number of aliphatic hydroxyl groups is 2. The maximum absolute atomic E-state index is 9.93. The molecule has 4 unspecified atom stereocenters. The van der Waals surface area contributed by atoms with Crippen molar-refractivity contribution in [2.75, 3.05) is 13.7 Å². The number of methoxy groups -OCH3 is 1. The summed E-state index contributed by atoms with van der Waals surface area (Å²) in [5.41, 5.74) is 0. The first kappa shape index (κ1) is 13.9. The van der Waals surface area contributed by atoms with Crippen molar-refractivity contribution in [3.8, 4) is 0 Å². The van der Waals surface area contributed by atoms with E-state index in [0.717, 1.165) is 19.3 Å². The molecule has 0 bridgehead atoms. The van der Waals surface area contributed by atoms with Gasteiger partial charge in [0.2, 0.25) is 0 Å². The molecule has 1 saturated carbocycles. The van der Waals surface area contributed by atoms with E-state index in [1.807, 2.05) is 0 Å². The van der Waals surface area contributed by atoms with Gasteiger partial charge in [-0.05, 0) is 43.4 Å². The van der Waals surface area contributed by atoms with E-state index in [2.05, 4.69) is 13.8 Å². The third-order valence-electron chi connectivity index (χ3n) is 3.86. The molecule has 0 radical (unpaired) electrons. The van der Waals surface area contributed by atoms with Gasteiger partial charge in [0.25, 0.3) is 0 Å². The van der Waals surface area contributed by atoms with Gasteiger partial charge in [-0.1, -0.05) is 13.8 Å². The van der Waals surface area contributed by atoms with E-state index in [0.29, 0.717) is 24.9 Å². The zero-order chi connectivity index (χ0) is 12.1. The molecule has 1 aliphatic rings. The standard InChI is InChI=1S/C13H26O3/c1-9(2)10-4-5-13(15)11(6-10)7-12(14)8-16-3/h9-15H,4-8H2,1-3H3. The van der Waals surface area contributed by atoms with Crippen molar-refractivity contribution >= 4 is 0 Å². The normalized spacial score (nSPS) is 33.0.